The van der Waals surface area contributed by atoms with Crippen molar-refractivity contribution in [3.8, 4) is 0 Å². The van der Waals surface area contributed by atoms with Crippen molar-refractivity contribution >= 4 is 5.91 Å². The minimum atomic E-state index is -0.250. The van der Waals surface area contributed by atoms with E-state index in [0.717, 1.165) is 37.4 Å². The van der Waals surface area contributed by atoms with Crippen molar-refractivity contribution in [2.24, 2.45) is 5.92 Å². The van der Waals surface area contributed by atoms with Gasteiger partial charge in [0.25, 0.3) is 0 Å². The Bertz CT molecular complexity index is 701. The number of rotatable bonds is 8. The topological polar surface area (TPSA) is 68.2 Å². The molecule has 0 saturated carbocycles. The van der Waals surface area contributed by atoms with Crippen LogP contribution in [-0.2, 0) is 22.5 Å². The molecule has 1 aromatic carbocycles. The van der Waals surface area contributed by atoms with Gasteiger partial charge in [0.2, 0.25) is 5.91 Å². The number of carbonyl (C=O) groups is 1. The maximum absolute atomic E-state index is 12.3. The molecular formula is C20H28N4O2. The van der Waals surface area contributed by atoms with E-state index in [0.29, 0.717) is 12.3 Å². The molecule has 1 aliphatic heterocycles. The van der Waals surface area contributed by atoms with E-state index in [1.165, 1.54) is 0 Å². The molecule has 1 fully saturated rings. The molecule has 3 rings (SSSR count). The third-order valence-corrected chi connectivity index (χ3v) is 5.03. The molecule has 3 atom stereocenters. The molecule has 1 aromatic heterocycles. The molecule has 1 aliphatic rings. The zero-order valence-corrected chi connectivity index (χ0v) is 15.5. The van der Waals surface area contributed by atoms with Gasteiger partial charge in [0.15, 0.2) is 0 Å². The molecule has 2 heterocycles. The minimum Gasteiger partial charge on any atom is -0.372 e. The Morgan fingerprint density at radius 1 is 1.35 bits per heavy atom. The van der Waals surface area contributed by atoms with Crippen molar-refractivity contribution in [3.05, 3.63) is 53.9 Å². The van der Waals surface area contributed by atoms with Gasteiger partial charge in [0.1, 0.15) is 6.10 Å². The van der Waals surface area contributed by atoms with Gasteiger partial charge >= 0.3 is 0 Å². The number of hydrogen-bond acceptors (Lipinski definition) is 4. The monoisotopic (exact) mass is 356 g/mol. The first-order chi connectivity index (χ1) is 12.7. The predicted octanol–water partition coefficient (Wildman–Crippen LogP) is 1.93. The highest BCUT2D eigenvalue weighted by Gasteiger charge is 2.32. The summed E-state index contributed by atoms with van der Waals surface area (Å²) in [6.45, 7) is 4.40. The van der Waals surface area contributed by atoms with Crippen LogP contribution in [0.2, 0.25) is 0 Å². The maximum atomic E-state index is 12.3. The fraction of sp³-hybridized carbons (Fsp3) is 0.500. The summed E-state index contributed by atoms with van der Waals surface area (Å²) in [6.07, 6.45) is 3.52. The lowest BCUT2D eigenvalue weighted by Gasteiger charge is -2.23. The molecule has 0 bridgehead atoms. The number of aromatic nitrogens is 2. The molecular weight excluding hydrogens is 328 g/mol. The van der Waals surface area contributed by atoms with Crippen LogP contribution in [0.25, 0.3) is 0 Å². The van der Waals surface area contributed by atoms with Gasteiger partial charge in [-0.1, -0.05) is 30.3 Å². The predicted molar refractivity (Wildman–Crippen MR) is 101 cm³/mol. The van der Waals surface area contributed by atoms with Crippen molar-refractivity contribution in [3.63, 3.8) is 0 Å². The Morgan fingerprint density at radius 3 is 2.88 bits per heavy atom. The van der Waals surface area contributed by atoms with Crippen molar-refractivity contribution < 1.29 is 9.53 Å². The maximum Gasteiger partial charge on any atom is 0.237 e. The highest BCUT2D eigenvalue weighted by Crippen LogP contribution is 2.34. The lowest BCUT2D eigenvalue weighted by Crippen LogP contribution is -2.46. The van der Waals surface area contributed by atoms with Gasteiger partial charge in [0.05, 0.1) is 11.7 Å². The van der Waals surface area contributed by atoms with Crippen LogP contribution >= 0.6 is 0 Å². The van der Waals surface area contributed by atoms with Crippen LogP contribution in [0.1, 0.15) is 30.7 Å². The third kappa shape index (κ3) is 4.31. The number of amides is 1. The standard InChI is InChI=1S/C20H28N4O2/c1-3-24-18(9-11-23-24)19-16(10-12-26-19)14-22-17(20(25)21-2)13-15-7-5-4-6-8-15/h4-9,11,16-17,19,22H,3,10,12-14H2,1-2H3,(H,21,25)/t16-,17-,19+/m0/s1. The number of benzene rings is 1. The number of carbonyl (C=O) groups excluding carboxylic acids is 1. The van der Waals surface area contributed by atoms with E-state index in [2.05, 4.69) is 34.8 Å². The summed E-state index contributed by atoms with van der Waals surface area (Å²) < 4.78 is 7.98. The Hall–Kier alpha value is -2.18. The third-order valence-electron chi connectivity index (χ3n) is 5.03. The molecule has 1 saturated heterocycles. The second-order valence-electron chi connectivity index (χ2n) is 6.68. The smallest absolute Gasteiger partial charge is 0.237 e. The first-order valence-electron chi connectivity index (χ1n) is 9.35. The van der Waals surface area contributed by atoms with Crippen LogP contribution in [0.4, 0.5) is 0 Å². The Morgan fingerprint density at radius 2 is 2.15 bits per heavy atom. The normalized spacial score (nSPS) is 20.8. The number of hydrogen-bond donors (Lipinski definition) is 2. The molecule has 6 heteroatoms. The Labute approximate surface area is 154 Å². The molecule has 1 amide bonds. The summed E-state index contributed by atoms with van der Waals surface area (Å²) in [7, 11) is 1.68. The minimum absolute atomic E-state index is 0.0166. The molecule has 0 spiro atoms. The average Bonchev–Trinajstić information content (AvgIpc) is 3.33. The van der Waals surface area contributed by atoms with Gasteiger partial charge in [0, 0.05) is 38.9 Å². The first-order valence-corrected chi connectivity index (χ1v) is 9.35. The number of likely N-dealkylation sites (N-methyl/N-ethyl adjacent to an activating group) is 1. The Kier molecular flexibility index (Phi) is 6.41. The second kappa shape index (κ2) is 8.96. The molecule has 0 aliphatic carbocycles. The van der Waals surface area contributed by atoms with E-state index in [9.17, 15) is 4.79 Å². The van der Waals surface area contributed by atoms with E-state index in [4.69, 9.17) is 4.74 Å². The van der Waals surface area contributed by atoms with Crippen LogP contribution in [0.3, 0.4) is 0 Å². The zero-order valence-electron chi connectivity index (χ0n) is 15.5. The van der Waals surface area contributed by atoms with Gasteiger partial charge in [-0.2, -0.15) is 5.10 Å². The summed E-state index contributed by atoms with van der Waals surface area (Å²) in [5.74, 6) is 0.350. The number of nitrogens with one attached hydrogen (secondary N) is 2. The summed E-state index contributed by atoms with van der Waals surface area (Å²) in [5.41, 5.74) is 2.27. The first kappa shape index (κ1) is 18.6. The van der Waals surface area contributed by atoms with Crippen LogP contribution < -0.4 is 10.6 Å². The van der Waals surface area contributed by atoms with Crippen molar-refractivity contribution in [1.82, 2.24) is 20.4 Å². The zero-order chi connectivity index (χ0) is 18.4. The van der Waals surface area contributed by atoms with Crippen LogP contribution in [0.5, 0.6) is 0 Å². The Balaban J connectivity index is 1.65. The summed E-state index contributed by atoms with van der Waals surface area (Å²) in [4.78, 5) is 12.3. The SMILES string of the molecule is CCn1nccc1[C@@H]1OCC[C@H]1CN[C@@H](Cc1ccccc1)C(=O)NC. The van der Waals surface area contributed by atoms with Gasteiger partial charge in [-0.3, -0.25) is 9.48 Å². The fourth-order valence-electron chi connectivity index (χ4n) is 3.59. The number of ether oxygens (including phenoxy) is 1. The van der Waals surface area contributed by atoms with Crippen LogP contribution in [0, 0.1) is 5.92 Å². The largest absolute Gasteiger partial charge is 0.372 e. The van der Waals surface area contributed by atoms with Gasteiger partial charge in [-0.25, -0.2) is 0 Å². The summed E-state index contributed by atoms with van der Waals surface area (Å²) in [6, 6.07) is 11.9. The highest BCUT2D eigenvalue weighted by atomic mass is 16.5. The molecule has 140 valence electrons. The molecule has 6 nitrogen and oxygen atoms in total. The van der Waals surface area contributed by atoms with Gasteiger partial charge < -0.3 is 15.4 Å². The molecule has 0 radical (unpaired) electrons. The van der Waals surface area contributed by atoms with E-state index < -0.39 is 0 Å². The van der Waals surface area contributed by atoms with Gasteiger partial charge in [-0.15, -0.1) is 0 Å². The van der Waals surface area contributed by atoms with E-state index in [1.54, 1.807) is 7.05 Å². The van der Waals surface area contributed by atoms with Crippen molar-refractivity contribution in [2.45, 2.75) is 38.5 Å². The summed E-state index contributed by atoms with van der Waals surface area (Å²) in [5, 5.41) is 10.6. The van der Waals surface area contributed by atoms with Crippen LogP contribution in [-0.4, -0.2) is 41.9 Å². The number of aryl methyl sites for hydroxylation is 1. The van der Waals surface area contributed by atoms with Gasteiger partial charge in [-0.05, 0) is 31.4 Å². The van der Waals surface area contributed by atoms with Crippen molar-refractivity contribution in [1.29, 1.82) is 0 Å². The van der Waals surface area contributed by atoms with E-state index in [1.807, 2.05) is 35.1 Å². The summed E-state index contributed by atoms with van der Waals surface area (Å²) >= 11 is 0. The molecule has 0 unspecified atom stereocenters. The van der Waals surface area contributed by atoms with E-state index in [-0.39, 0.29) is 18.1 Å². The second-order valence-corrected chi connectivity index (χ2v) is 6.68. The van der Waals surface area contributed by atoms with E-state index >= 15 is 0 Å². The molecule has 2 aromatic rings. The lowest BCUT2D eigenvalue weighted by atomic mass is 9.97. The fourth-order valence-corrected chi connectivity index (χ4v) is 3.59. The lowest BCUT2D eigenvalue weighted by molar-refractivity contribution is -0.122. The highest BCUT2D eigenvalue weighted by molar-refractivity contribution is 5.81. The van der Waals surface area contributed by atoms with Crippen molar-refractivity contribution in [2.75, 3.05) is 20.2 Å². The average molecular weight is 356 g/mol. The number of nitrogens with zero attached hydrogens (tertiary/aromatic N) is 2. The molecule has 2 N–H and O–H groups in total. The van der Waals surface area contributed by atoms with Crippen LogP contribution in [0.15, 0.2) is 42.6 Å². The molecule has 26 heavy (non-hydrogen) atoms. The quantitative estimate of drug-likeness (QED) is 0.758.